The molecular formula is C16H23N3. The summed E-state index contributed by atoms with van der Waals surface area (Å²) in [6.45, 7) is 5.33. The third-order valence-electron chi connectivity index (χ3n) is 4.27. The Morgan fingerprint density at radius 3 is 2.89 bits per heavy atom. The number of aromatic nitrogens is 2. The van der Waals surface area contributed by atoms with Crippen LogP contribution in [0, 0.1) is 12.8 Å². The van der Waals surface area contributed by atoms with Crippen molar-refractivity contribution in [1.29, 1.82) is 0 Å². The van der Waals surface area contributed by atoms with E-state index in [0.29, 0.717) is 0 Å². The van der Waals surface area contributed by atoms with Crippen molar-refractivity contribution in [3.05, 3.63) is 30.1 Å². The second-order valence-corrected chi connectivity index (χ2v) is 5.65. The Morgan fingerprint density at radius 1 is 1.26 bits per heavy atom. The third-order valence-corrected chi connectivity index (χ3v) is 4.27. The summed E-state index contributed by atoms with van der Waals surface area (Å²) in [4.78, 5) is 4.60. The van der Waals surface area contributed by atoms with Crippen LogP contribution in [0.3, 0.4) is 0 Å². The molecule has 0 atom stereocenters. The topological polar surface area (TPSA) is 29.9 Å². The summed E-state index contributed by atoms with van der Waals surface area (Å²) in [6.07, 6.45) is 5.69. The number of imidazole rings is 1. The maximum atomic E-state index is 4.60. The predicted octanol–water partition coefficient (Wildman–Crippen LogP) is 3.12. The first-order chi connectivity index (χ1) is 9.34. The lowest BCUT2D eigenvalue weighted by atomic mass is 10.1. The normalized spacial score (nSPS) is 16.5. The van der Waals surface area contributed by atoms with E-state index in [4.69, 9.17) is 0 Å². The lowest BCUT2D eigenvalue weighted by Crippen LogP contribution is -2.25. The van der Waals surface area contributed by atoms with Crippen molar-refractivity contribution >= 4 is 11.0 Å². The largest absolute Gasteiger partial charge is 0.327 e. The molecule has 1 aliphatic rings. The Kier molecular flexibility index (Phi) is 3.83. The summed E-state index contributed by atoms with van der Waals surface area (Å²) in [6, 6.07) is 8.39. The van der Waals surface area contributed by atoms with Crippen LogP contribution in [0.4, 0.5) is 0 Å². The summed E-state index contributed by atoms with van der Waals surface area (Å²) in [5.41, 5.74) is 2.36. The van der Waals surface area contributed by atoms with Gasteiger partial charge in [-0.25, -0.2) is 4.98 Å². The molecule has 1 aliphatic carbocycles. The van der Waals surface area contributed by atoms with Gasteiger partial charge in [0.1, 0.15) is 5.82 Å². The van der Waals surface area contributed by atoms with E-state index in [1.807, 2.05) is 0 Å². The zero-order chi connectivity index (χ0) is 13.1. The molecule has 1 fully saturated rings. The molecule has 3 nitrogen and oxygen atoms in total. The second-order valence-electron chi connectivity index (χ2n) is 5.65. The first-order valence-corrected chi connectivity index (χ1v) is 7.47. The number of para-hydroxylation sites is 2. The van der Waals surface area contributed by atoms with Crippen molar-refractivity contribution in [2.45, 2.75) is 39.2 Å². The van der Waals surface area contributed by atoms with Crippen LogP contribution in [0.2, 0.25) is 0 Å². The minimum Gasteiger partial charge on any atom is -0.327 e. The van der Waals surface area contributed by atoms with E-state index in [1.54, 1.807) is 0 Å². The first kappa shape index (κ1) is 12.7. The lowest BCUT2D eigenvalue weighted by molar-refractivity contribution is 0.476. The molecule has 2 aromatic rings. The molecule has 1 saturated carbocycles. The number of aryl methyl sites for hydroxylation is 1. The van der Waals surface area contributed by atoms with Crippen LogP contribution >= 0.6 is 0 Å². The molecule has 19 heavy (non-hydrogen) atoms. The van der Waals surface area contributed by atoms with Gasteiger partial charge in [0, 0.05) is 13.1 Å². The van der Waals surface area contributed by atoms with Gasteiger partial charge < -0.3 is 9.88 Å². The van der Waals surface area contributed by atoms with E-state index >= 15 is 0 Å². The summed E-state index contributed by atoms with van der Waals surface area (Å²) in [5, 5.41) is 3.61. The number of nitrogens with zero attached hydrogens (tertiary/aromatic N) is 2. The SMILES string of the molecule is Cc1nc2ccccc2n1CCNCC1CCCC1. The van der Waals surface area contributed by atoms with Gasteiger partial charge in [-0.1, -0.05) is 25.0 Å². The monoisotopic (exact) mass is 257 g/mol. The fourth-order valence-electron chi connectivity index (χ4n) is 3.19. The molecule has 0 radical (unpaired) electrons. The lowest BCUT2D eigenvalue weighted by Gasteiger charge is -2.12. The molecular weight excluding hydrogens is 234 g/mol. The Hall–Kier alpha value is -1.35. The average molecular weight is 257 g/mol. The molecule has 1 aromatic heterocycles. The molecule has 1 N–H and O–H groups in total. The van der Waals surface area contributed by atoms with Crippen molar-refractivity contribution in [3.8, 4) is 0 Å². The number of benzene rings is 1. The Labute approximate surface area is 115 Å². The second kappa shape index (κ2) is 5.74. The van der Waals surface area contributed by atoms with Crippen LogP contribution in [0.25, 0.3) is 11.0 Å². The molecule has 1 aromatic carbocycles. The fourth-order valence-corrected chi connectivity index (χ4v) is 3.19. The van der Waals surface area contributed by atoms with Gasteiger partial charge in [0.25, 0.3) is 0 Å². The standard InChI is InChI=1S/C16H23N3/c1-13-18-15-8-4-5-9-16(15)19(13)11-10-17-12-14-6-2-3-7-14/h4-5,8-9,14,17H,2-3,6-7,10-12H2,1H3. The Bertz CT molecular complexity index is 538. The van der Waals surface area contributed by atoms with Crippen LogP contribution in [-0.2, 0) is 6.54 Å². The number of rotatable bonds is 5. The number of hydrogen-bond acceptors (Lipinski definition) is 2. The van der Waals surface area contributed by atoms with Gasteiger partial charge in [-0.3, -0.25) is 0 Å². The average Bonchev–Trinajstić information content (AvgIpc) is 3.02. The highest BCUT2D eigenvalue weighted by atomic mass is 15.1. The summed E-state index contributed by atoms with van der Waals surface area (Å²) in [7, 11) is 0. The third kappa shape index (κ3) is 2.81. The van der Waals surface area contributed by atoms with E-state index in [2.05, 4.69) is 46.1 Å². The van der Waals surface area contributed by atoms with Crippen molar-refractivity contribution in [2.24, 2.45) is 5.92 Å². The molecule has 0 spiro atoms. The molecule has 0 unspecified atom stereocenters. The van der Waals surface area contributed by atoms with Crippen molar-refractivity contribution in [3.63, 3.8) is 0 Å². The Morgan fingerprint density at radius 2 is 2.05 bits per heavy atom. The van der Waals surface area contributed by atoms with Crippen molar-refractivity contribution in [2.75, 3.05) is 13.1 Å². The van der Waals surface area contributed by atoms with Crippen LogP contribution in [0.15, 0.2) is 24.3 Å². The number of fused-ring (bicyclic) bond motifs is 1. The highest BCUT2D eigenvalue weighted by Gasteiger charge is 2.14. The molecule has 3 heteroatoms. The van der Waals surface area contributed by atoms with Gasteiger partial charge in [-0.15, -0.1) is 0 Å². The van der Waals surface area contributed by atoms with Crippen molar-refractivity contribution < 1.29 is 0 Å². The van der Waals surface area contributed by atoms with Gasteiger partial charge in [-0.2, -0.15) is 0 Å². The van der Waals surface area contributed by atoms with Crippen LogP contribution < -0.4 is 5.32 Å². The van der Waals surface area contributed by atoms with Gasteiger partial charge in [0.15, 0.2) is 0 Å². The molecule has 3 rings (SSSR count). The van der Waals surface area contributed by atoms with Gasteiger partial charge in [0.2, 0.25) is 0 Å². The minimum atomic E-state index is 0.917. The van der Waals surface area contributed by atoms with E-state index in [0.717, 1.165) is 30.3 Å². The molecule has 0 aliphatic heterocycles. The van der Waals surface area contributed by atoms with Gasteiger partial charge >= 0.3 is 0 Å². The van der Waals surface area contributed by atoms with E-state index in [9.17, 15) is 0 Å². The first-order valence-electron chi connectivity index (χ1n) is 7.47. The van der Waals surface area contributed by atoms with E-state index < -0.39 is 0 Å². The zero-order valence-electron chi connectivity index (χ0n) is 11.7. The van der Waals surface area contributed by atoms with E-state index in [1.165, 1.54) is 37.7 Å². The molecule has 0 bridgehead atoms. The Balaban J connectivity index is 1.57. The van der Waals surface area contributed by atoms with Crippen LogP contribution in [-0.4, -0.2) is 22.6 Å². The minimum absolute atomic E-state index is 0.917. The van der Waals surface area contributed by atoms with Crippen LogP contribution in [0.5, 0.6) is 0 Å². The van der Waals surface area contributed by atoms with Gasteiger partial charge in [-0.05, 0) is 44.4 Å². The van der Waals surface area contributed by atoms with Crippen LogP contribution in [0.1, 0.15) is 31.5 Å². The van der Waals surface area contributed by atoms with Gasteiger partial charge in [0.05, 0.1) is 11.0 Å². The fraction of sp³-hybridized carbons (Fsp3) is 0.562. The maximum absolute atomic E-state index is 4.60. The summed E-state index contributed by atoms with van der Waals surface area (Å²) >= 11 is 0. The zero-order valence-corrected chi connectivity index (χ0v) is 11.7. The summed E-state index contributed by atoms with van der Waals surface area (Å²) in [5.74, 6) is 2.03. The number of nitrogens with one attached hydrogen (secondary N) is 1. The summed E-state index contributed by atoms with van der Waals surface area (Å²) < 4.78 is 2.32. The highest BCUT2D eigenvalue weighted by molar-refractivity contribution is 5.75. The quantitative estimate of drug-likeness (QED) is 0.834. The maximum Gasteiger partial charge on any atom is 0.106 e. The predicted molar refractivity (Wildman–Crippen MR) is 79.3 cm³/mol. The highest BCUT2D eigenvalue weighted by Crippen LogP contribution is 2.23. The molecule has 102 valence electrons. The molecule has 0 amide bonds. The number of hydrogen-bond donors (Lipinski definition) is 1. The van der Waals surface area contributed by atoms with Crippen molar-refractivity contribution in [1.82, 2.24) is 14.9 Å². The molecule has 0 saturated heterocycles. The smallest absolute Gasteiger partial charge is 0.106 e. The molecule has 1 heterocycles. The van der Waals surface area contributed by atoms with E-state index in [-0.39, 0.29) is 0 Å².